The molecule has 0 aliphatic carbocycles. The van der Waals surface area contributed by atoms with E-state index in [9.17, 15) is 4.79 Å². The lowest BCUT2D eigenvalue weighted by atomic mass is 10.3. The van der Waals surface area contributed by atoms with E-state index in [2.05, 4.69) is 15.5 Å². The van der Waals surface area contributed by atoms with Crippen molar-refractivity contribution in [3.05, 3.63) is 40.2 Å². The maximum absolute atomic E-state index is 12.1. The molecule has 3 rings (SSSR count). The van der Waals surface area contributed by atoms with Crippen LogP contribution in [0.1, 0.15) is 17.0 Å². The topological polar surface area (TPSA) is 67.3 Å². The molecule has 22 heavy (non-hydrogen) atoms. The molecule has 1 N–H and O–H groups in total. The second-order valence-electron chi connectivity index (χ2n) is 5.23. The number of rotatable bonds is 4. The van der Waals surface area contributed by atoms with E-state index in [0.29, 0.717) is 25.5 Å². The molecule has 1 saturated heterocycles. The van der Waals surface area contributed by atoms with Gasteiger partial charge in [-0.05, 0) is 24.4 Å². The molecule has 1 aliphatic heterocycles. The Balaban J connectivity index is 1.47. The Morgan fingerprint density at radius 2 is 2.36 bits per heavy atom. The summed E-state index contributed by atoms with van der Waals surface area (Å²) in [6.07, 6.45) is 0.784. The van der Waals surface area contributed by atoms with Crippen LogP contribution in [0.15, 0.2) is 29.6 Å². The van der Waals surface area contributed by atoms with Gasteiger partial charge in [0.1, 0.15) is 6.10 Å². The van der Waals surface area contributed by atoms with Crippen LogP contribution in [0.2, 0.25) is 0 Å². The monoisotopic (exact) mass is 318 g/mol. The summed E-state index contributed by atoms with van der Waals surface area (Å²) in [5, 5.41) is 12.9. The third-order valence-corrected chi connectivity index (χ3v) is 4.36. The highest BCUT2D eigenvalue weighted by atomic mass is 32.1. The van der Waals surface area contributed by atoms with Crippen molar-refractivity contribution in [1.82, 2.24) is 20.4 Å². The van der Waals surface area contributed by atoms with E-state index in [4.69, 9.17) is 4.74 Å². The van der Waals surface area contributed by atoms with Gasteiger partial charge in [-0.25, -0.2) is 4.79 Å². The molecule has 7 heteroatoms. The number of amides is 2. The number of aryl methyl sites for hydroxylation is 1. The fourth-order valence-corrected chi connectivity index (χ4v) is 2.96. The molecule has 2 amide bonds. The van der Waals surface area contributed by atoms with Gasteiger partial charge in [-0.2, -0.15) is 5.10 Å². The Bertz CT molecular complexity index is 615. The van der Waals surface area contributed by atoms with Crippen molar-refractivity contribution in [3.63, 3.8) is 0 Å². The van der Waals surface area contributed by atoms with Gasteiger partial charge in [0.25, 0.3) is 0 Å². The average Bonchev–Trinajstić information content (AvgIpc) is 3.19. The van der Waals surface area contributed by atoms with Gasteiger partial charge in [0.15, 0.2) is 0 Å². The zero-order valence-electron chi connectivity index (χ0n) is 12.4. The standard InChI is InChI=1S/C15H18N4O2S/c1-11-4-5-14(18-17-11)21-12-6-7-19(10-12)15(20)16-9-13-3-2-8-22-13/h2-5,8,12H,6-7,9-10H2,1H3,(H,16,20)/t12-/m0/s1. The van der Waals surface area contributed by atoms with Gasteiger partial charge in [0.2, 0.25) is 5.88 Å². The lowest BCUT2D eigenvalue weighted by Gasteiger charge is -2.17. The lowest BCUT2D eigenvalue weighted by molar-refractivity contribution is 0.182. The minimum Gasteiger partial charge on any atom is -0.471 e. The number of aromatic nitrogens is 2. The molecule has 6 nitrogen and oxygen atoms in total. The molecule has 2 aromatic heterocycles. The summed E-state index contributed by atoms with van der Waals surface area (Å²) in [5.74, 6) is 0.511. The summed E-state index contributed by atoms with van der Waals surface area (Å²) in [7, 11) is 0. The predicted octanol–water partition coefficient (Wildman–Crippen LogP) is 2.21. The van der Waals surface area contributed by atoms with Gasteiger partial charge in [0.05, 0.1) is 18.8 Å². The summed E-state index contributed by atoms with van der Waals surface area (Å²) in [6.45, 7) is 3.72. The highest BCUT2D eigenvalue weighted by molar-refractivity contribution is 7.09. The van der Waals surface area contributed by atoms with Crippen LogP contribution in [0, 0.1) is 6.92 Å². The Hall–Kier alpha value is -2.15. The smallest absolute Gasteiger partial charge is 0.317 e. The zero-order chi connectivity index (χ0) is 15.4. The van der Waals surface area contributed by atoms with Crippen LogP contribution in [0.4, 0.5) is 4.79 Å². The maximum Gasteiger partial charge on any atom is 0.317 e. The molecular formula is C15H18N4O2S. The third-order valence-electron chi connectivity index (χ3n) is 3.49. The highest BCUT2D eigenvalue weighted by Crippen LogP contribution is 2.16. The number of nitrogens with one attached hydrogen (secondary N) is 1. The van der Waals surface area contributed by atoms with E-state index in [-0.39, 0.29) is 12.1 Å². The first kappa shape index (κ1) is 14.8. The number of nitrogens with zero attached hydrogens (tertiary/aromatic N) is 3. The second kappa shape index (κ2) is 6.74. The average molecular weight is 318 g/mol. The molecule has 1 aliphatic rings. The first-order valence-corrected chi connectivity index (χ1v) is 8.11. The summed E-state index contributed by atoms with van der Waals surface area (Å²) >= 11 is 1.64. The number of ether oxygens (including phenoxy) is 1. The summed E-state index contributed by atoms with van der Waals surface area (Å²) in [4.78, 5) is 15.0. The number of carbonyl (C=O) groups excluding carboxylic acids is 1. The third kappa shape index (κ3) is 3.73. The van der Waals surface area contributed by atoms with Crippen LogP contribution < -0.4 is 10.1 Å². The molecule has 2 aromatic rings. The fraction of sp³-hybridized carbons (Fsp3) is 0.400. The largest absolute Gasteiger partial charge is 0.471 e. The van der Waals surface area contributed by atoms with Gasteiger partial charge >= 0.3 is 6.03 Å². The Labute approximate surface area is 133 Å². The molecule has 0 bridgehead atoms. The second-order valence-corrected chi connectivity index (χ2v) is 6.26. The van der Waals surface area contributed by atoms with Crippen molar-refractivity contribution in [2.75, 3.05) is 13.1 Å². The van der Waals surface area contributed by atoms with Gasteiger partial charge in [-0.15, -0.1) is 16.4 Å². The van der Waals surface area contributed by atoms with Crippen LogP contribution in [0.3, 0.4) is 0 Å². The van der Waals surface area contributed by atoms with E-state index in [1.807, 2.05) is 36.6 Å². The van der Waals surface area contributed by atoms with Gasteiger partial charge in [0, 0.05) is 23.9 Å². The highest BCUT2D eigenvalue weighted by Gasteiger charge is 2.27. The van der Waals surface area contributed by atoms with Crippen molar-refractivity contribution in [2.24, 2.45) is 0 Å². The van der Waals surface area contributed by atoms with Crippen LogP contribution in [0.5, 0.6) is 5.88 Å². The number of likely N-dealkylation sites (tertiary alicyclic amines) is 1. The van der Waals surface area contributed by atoms with Crippen molar-refractivity contribution in [3.8, 4) is 5.88 Å². The van der Waals surface area contributed by atoms with Crippen molar-refractivity contribution in [2.45, 2.75) is 26.0 Å². The van der Waals surface area contributed by atoms with Crippen molar-refractivity contribution >= 4 is 17.4 Å². The molecule has 116 valence electrons. The molecule has 0 radical (unpaired) electrons. The molecule has 1 atom stereocenters. The van der Waals surface area contributed by atoms with Crippen molar-refractivity contribution in [1.29, 1.82) is 0 Å². The molecular weight excluding hydrogens is 300 g/mol. The fourth-order valence-electron chi connectivity index (χ4n) is 2.32. The Morgan fingerprint density at radius 3 is 3.09 bits per heavy atom. The molecule has 0 unspecified atom stereocenters. The SMILES string of the molecule is Cc1ccc(O[C@H]2CCN(C(=O)NCc3cccs3)C2)nn1. The maximum atomic E-state index is 12.1. The quantitative estimate of drug-likeness (QED) is 0.938. The lowest BCUT2D eigenvalue weighted by Crippen LogP contribution is -2.38. The van der Waals surface area contributed by atoms with E-state index >= 15 is 0 Å². The number of carbonyl (C=O) groups is 1. The zero-order valence-corrected chi connectivity index (χ0v) is 13.2. The number of hydrogen-bond acceptors (Lipinski definition) is 5. The first-order chi connectivity index (χ1) is 10.7. The summed E-state index contributed by atoms with van der Waals surface area (Å²) in [5.41, 5.74) is 0.855. The van der Waals surface area contributed by atoms with E-state index in [1.165, 1.54) is 0 Å². The van der Waals surface area contributed by atoms with E-state index in [0.717, 1.165) is 17.0 Å². The van der Waals surface area contributed by atoms with Crippen LogP contribution >= 0.6 is 11.3 Å². The Kier molecular flexibility index (Phi) is 4.53. The van der Waals surface area contributed by atoms with E-state index in [1.54, 1.807) is 16.2 Å². The van der Waals surface area contributed by atoms with Gasteiger partial charge in [-0.3, -0.25) is 0 Å². The summed E-state index contributed by atoms with van der Waals surface area (Å²) in [6, 6.07) is 7.62. The molecule has 3 heterocycles. The Morgan fingerprint density at radius 1 is 1.45 bits per heavy atom. The minimum absolute atomic E-state index is 0.0236. The predicted molar refractivity (Wildman–Crippen MR) is 83.9 cm³/mol. The van der Waals surface area contributed by atoms with Crippen molar-refractivity contribution < 1.29 is 9.53 Å². The van der Waals surface area contributed by atoms with Crippen LogP contribution in [-0.2, 0) is 6.54 Å². The first-order valence-electron chi connectivity index (χ1n) is 7.23. The van der Waals surface area contributed by atoms with Crippen LogP contribution in [0.25, 0.3) is 0 Å². The molecule has 0 saturated carbocycles. The molecule has 0 spiro atoms. The van der Waals surface area contributed by atoms with Crippen LogP contribution in [-0.4, -0.2) is 40.3 Å². The minimum atomic E-state index is -0.0468. The molecule has 0 aromatic carbocycles. The van der Waals surface area contributed by atoms with Gasteiger partial charge < -0.3 is 15.0 Å². The van der Waals surface area contributed by atoms with E-state index < -0.39 is 0 Å². The number of urea groups is 1. The van der Waals surface area contributed by atoms with Gasteiger partial charge in [-0.1, -0.05) is 6.07 Å². The molecule has 1 fully saturated rings. The summed E-state index contributed by atoms with van der Waals surface area (Å²) < 4.78 is 5.77. The number of hydrogen-bond donors (Lipinski definition) is 1. The number of thiophene rings is 1. The normalized spacial score (nSPS) is 17.5.